The predicted octanol–water partition coefficient (Wildman–Crippen LogP) is 3.35. The number of methoxy groups -OCH3 is 2. The molecule has 0 aliphatic carbocycles. The van der Waals surface area contributed by atoms with Crippen LogP contribution in [-0.4, -0.2) is 50.0 Å². The van der Waals surface area contributed by atoms with Crippen LogP contribution in [0.5, 0.6) is 11.5 Å². The quantitative estimate of drug-likeness (QED) is 0.572. The molecule has 3 rings (SSSR count). The molecule has 0 unspecified atom stereocenters. The van der Waals surface area contributed by atoms with Gasteiger partial charge >= 0.3 is 0 Å². The second kappa shape index (κ2) is 9.59. The standard InChI is InChI=1S/C21H26N6O2/c1-27(2)17-8-6-16(7-9-17)24-20-14-23-26-21(25-20)22-12-11-15-5-10-18(28-3)19(13-15)29-4/h5-10,13-14H,11-12H2,1-4H3,(H2,22,24,25,26). The fourth-order valence-corrected chi connectivity index (χ4v) is 2.78. The fraction of sp³-hybridized carbons (Fsp3) is 0.286. The van der Waals surface area contributed by atoms with E-state index in [1.54, 1.807) is 20.4 Å². The molecule has 0 bridgehead atoms. The number of aromatic nitrogens is 3. The van der Waals surface area contributed by atoms with Gasteiger partial charge in [0.15, 0.2) is 17.3 Å². The lowest BCUT2D eigenvalue weighted by Gasteiger charge is -2.13. The van der Waals surface area contributed by atoms with Gasteiger partial charge in [0.2, 0.25) is 5.95 Å². The molecule has 0 spiro atoms. The lowest BCUT2D eigenvalue weighted by molar-refractivity contribution is 0.354. The van der Waals surface area contributed by atoms with Crippen LogP contribution in [0.1, 0.15) is 5.56 Å². The molecule has 0 radical (unpaired) electrons. The number of hydrogen-bond acceptors (Lipinski definition) is 8. The zero-order valence-corrected chi connectivity index (χ0v) is 17.1. The molecular weight excluding hydrogens is 368 g/mol. The van der Waals surface area contributed by atoms with E-state index in [2.05, 4.69) is 30.7 Å². The van der Waals surface area contributed by atoms with Crippen molar-refractivity contribution in [1.29, 1.82) is 0 Å². The Kier molecular flexibility index (Phi) is 6.67. The number of ether oxygens (including phenoxy) is 2. The van der Waals surface area contributed by atoms with Crippen LogP contribution >= 0.6 is 0 Å². The summed E-state index contributed by atoms with van der Waals surface area (Å²) in [5, 5.41) is 14.5. The van der Waals surface area contributed by atoms with Crippen LogP contribution < -0.4 is 25.0 Å². The van der Waals surface area contributed by atoms with Crippen LogP contribution in [0.2, 0.25) is 0 Å². The summed E-state index contributed by atoms with van der Waals surface area (Å²) in [5.74, 6) is 2.54. The van der Waals surface area contributed by atoms with E-state index in [4.69, 9.17) is 9.47 Å². The normalized spacial score (nSPS) is 10.3. The van der Waals surface area contributed by atoms with Gasteiger partial charge in [-0.1, -0.05) is 6.07 Å². The highest BCUT2D eigenvalue weighted by Gasteiger charge is 2.06. The van der Waals surface area contributed by atoms with Crippen molar-refractivity contribution in [3.8, 4) is 11.5 Å². The number of nitrogens with zero attached hydrogens (tertiary/aromatic N) is 4. The minimum absolute atomic E-state index is 0.473. The summed E-state index contributed by atoms with van der Waals surface area (Å²) in [4.78, 5) is 6.52. The molecule has 8 heteroatoms. The molecule has 0 aliphatic heterocycles. The van der Waals surface area contributed by atoms with Gasteiger partial charge < -0.3 is 25.0 Å². The number of benzene rings is 2. The van der Waals surface area contributed by atoms with E-state index in [9.17, 15) is 0 Å². The van der Waals surface area contributed by atoms with Crippen molar-refractivity contribution in [1.82, 2.24) is 15.2 Å². The van der Waals surface area contributed by atoms with Crippen LogP contribution in [0, 0.1) is 0 Å². The Balaban J connectivity index is 1.57. The number of anilines is 4. The first-order chi connectivity index (χ1) is 14.1. The first kappa shape index (κ1) is 20.2. The maximum Gasteiger partial charge on any atom is 0.244 e. The molecule has 1 heterocycles. The van der Waals surface area contributed by atoms with Crippen LogP contribution in [0.25, 0.3) is 0 Å². The highest BCUT2D eigenvalue weighted by atomic mass is 16.5. The van der Waals surface area contributed by atoms with Crippen LogP contribution in [0.3, 0.4) is 0 Å². The second-order valence-corrected chi connectivity index (χ2v) is 6.60. The largest absolute Gasteiger partial charge is 0.493 e. The molecule has 0 fully saturated rings. The fourth-order valence-electron chi connectivity index (χ4n) is 2.78. The van der Waals surface area contributed by atoms with Gasteiger partial charge in [0, 0.05) is 32.0 Å². The third kappa shape index (κ3) is 5.47. The zero-order chi connectivity index (χ0) is 20.6. The van der Waals surface area contributed by atoms with Crippen molar-refractivity contribution >= 4 is 23.1 Å². The van der Waals surface area contributed by atoms with E-state index in [0.717, 1.165) is 29.1 Å². The number of nitrogens with one attached hydrogen (secondary N) is 2. The van der Waals surface area contributed by atoms with Gasteiger partial charge in [-0.25, -0.2) is 0 Å². The monoisotopic (exact) mass is 394 g/mol. The molecule has 8 nitrogen and oxygen atoms in total. The molecule has 29 heavy (non-hydrogen) atoms. The van der Waals surface area contributed by atoms with Crippen LogP contribution in [-0.2, 0) is 6.42 Å². The molecule has 1 aromatic heterocycles. The Morgan fingerprint density at radius 2 is 1.72 bits per heavy atom. The summed E-state index contributed by atoms with van der Waals surface area (Å²) in [5.41, 5.74) is 3.19. The maximum atomic E-state index is 5.34. The molecule has 0 aliphatic rings. The van der Waals surface area contributed by atoms with E-state index >= 15 is 0 Å². The van der Waals surface area contributed by atoms with Crippen LogP contribution in [0.15, 0.2) is 48.7 Å². The third-order valence-corrected chi connectivity index (χ3v) is 4.36. The van der Waals surface area contributed by atoms with Gasteiger partial charge in [-0.05, 0) is 48.4 Å². The summed E-state index contributed by atoms with van der Waals surface area (Å²) in [7, 11) is 7.28. The van der Waals surface area contributed by atoms with Crippen molar-refractivity contribution in [2.75, 3.05) is 50.4 Å². The maximum absolute atomic E-state index is 5.34. The number of rotatable bonds is 9. The smallest absolute Gasteiger partial charge is 0.244 e. The summed E-state index contributed by atoms with van der Waals surface area (Å²) in [6, 6.07) is 14.0. The molecule has 0 amide bonds. The molecule has 0 saturated heterocycles. The van der Waals surface area contributed by atoms with Gasteiger partial charge in [0.1, 0.15) is 0 Å². The van der Waals surface area contributed by atoms with E-state index in [-0.39, 0.29) is 0 Å². The molecule has 0 saturated carbocycles. The molecule has 0 atom stereocenters. The Morgan fingerprint density at radius 1 is 0.966 bits per heavy atom. The molecule has 2 N–H and O–H groups in total. The highest BCUT2D eigenvalue weighted by molar-refractivity contribution is 5.60. The first-order valence-corrected chi connectivity index (χ1v) is 9.28. The Hall–Kier alpha value is -3.55. The zero-order valence-electron chi connectivity index (χ0n) is 17.1. The van der Waals surface area contributed by atoms with E-state index in [1.165, 1.54) is 0 Å². The van der Waals surface area contributed by atoms with Crippen molar-refractivity contribution in [2.24, 2.45) is 0 Å². The average molecular weight is 394 g/mol. The minimum atomic E-state index is 0.473. The van der Waals surface area contributed by atoms with Gasteiger partial charge in [-0.2, -0.15) is 10.1 Å². The second-order valence-electron chi connectivity index (χ2n) is 6.60. The van der Waals surface area contributed by atoms with E-state index in [1.807, 2.05) is 56.6 Å². The van der Waals surface area contributed by atoms with Gasteiger partial charge in [-0.15, -0.1) is 5.10 Å². The minimum Gasteiger partial charge on any atom is -0.493 e. The van der Waals surface area contributed by atoms with Crippen molar-refractivity contribution in [2.45, 2.75) is 6.42 Å². The van der Waals surface area contributed by atoms with E-state index in [0.29, 0.717) is 24.1 Å². The van der Waals surface area contributed by atoms with Gasteiger partial charge in [0.05, 0.1) is 20.4 Å². The highest BCUT2D eigenvalue weighted by Crippen LogP contribution is 2.27. The van der Waals surface area contributed by atoms with Crippen molar-refractivity contribution in [3.05, 3.63) is 54.2 Å². The predicted molar refractivity (Wildman–Crippen MR) is 116 cm³/mol. The Bertz CT molecular complexity index is 931. The number of hydrogen-bond donors (Lipinski definition) is 2. The lowest BCUT2D eigenvalue weighted by Crippen LogP contribution is -2.10. The van der Waals surface area contributed by atoms with Crippen LogP contribution in [0.4, 0.5) is 23.1 Å². The summed E-state index contributed by atoms with van der Waals surface area (Å²) in [6.07, 6.45) is 2.38. The first-order valence-electron chi connectivity index (χ1n) is 9.28. The summed E-state index contributed by atoms with van der Waals surface area (Å²) >= 11 is 0. The third-order valence-electron chi connectivity index (χ3n) is 4.36. The van der Waals surface area contributed by atoms with Gasteiger partial charge in [0.25, 0.3) is 0 Å². The molecule has 2 aromatic carbocycles. The molecule has 3 aromatic rings. The lowest BCUT2D eigenvalue weighted by atomic mass is 10.1. The summed E-state index contributed by atoms with van der Waals surface area (Å²) < 4.78 is 10.6. The van der Waals surface area contributed by atoms with Crippen molar-refractivity contribution < 1.29 is 9.47 Å². The van der Waals surface area contributed by atoms with E-state index < -0.39 is 0 Å². The Morgan fingerprint density at radius 3 is 2.41 bits per heavy atom. The van der Waals surface area contributed by atoms with Gasteiger partial charge in [-0.3, -0.25) is 0 Å². The Labute approximate surface area is 170 Å². The van der Waals surface area contributed by atoms with Crippen molar-refractivity contribution in [3.63, 3.8) is 0 Å². The molecular formula is C21H26N6O2. The molecule has 152 valence electrons. The average Bonchev–Trinajstić information content (AvgIpc) is 2.74. The SMILES string of the molecule is COc1ccc(CCNc2nncc(Nc3ccc(N(C)C)cc3)n2)cc1OC. The topological polar surface area (TPSA) is 84.4 Å². The summed E-state index contributed by atoms with van der Waals surface area (Å²) in [6.45, 7) is 0.665.